The summed E-state index contributed by atoms with van der Waals surface area (Å²) in [5, 5.41) is 4.70. The Hall–Kier alpha value is -2.75. The first-order chi connectivity index (χ1) is 21.5. The highest BCUT2D eigenvalue weighted by Gasteiger charge is 2.62. The van der Waals surface area contributed by atoms with Crippen molar-refractivity contribution in [2.24, 2.45) is 0 Å². The van der Waals surface area contributed by atoms with Gasteiger partial charge >= 0.3 is 5.69 Å². The molecule has 5 atom stereocenters. The molecule has 0 radical (unpaired) electrons. The summed E-state index contributed by atoms with van der Waals surface area (Å²) in [6, 6.07) is 9.02. The average Bonchev–Trinajstić information content (AvgIpc) is 3.18. The maximum atomic E-state index is 13.6. The van der Waals surface area contributed by atoms with Crippen molar-refractivity contribution < 1.29 is 23.4 Å². The third-order valence-corrected chi connectivity index (χ3v) is 10.2. The van der Waals surface area contributed by atoms with E-state index in [2.05, 4.69) is 61.4 Å². The number of nitrogens with zero attached hydrogens (tertiary/aromatic N) is 5. The number of aromatic nitrogens is 2. The van der Waals surface area contributed by atoms with E-state index in [1.807, 2.05) is 11.1 Å². The van der Waals surface area contributed by atoms with Gasteiger partial charge in [0.25, 0.3) is 14.4 Å². The zero-order chi connectivity index (χ0) is 32.7. The van der Waals surface area contributed by atoms with Crippen LogP contribution in [0.4, 0.5) is 5.82 Å². The lowest BCUT2D eigenvalue weighted by Crippen LogP contribution is -2.58. The number of carbonyl (C=O) groups excluding carboxylic acids is 1. The van der Waals surface area contributed by atoms with Crippen LogP contribution in [0.5, 0.6) is 0 Å². The summed E-state index contributed by atoms with van der Waals surface area (Å²) in [7, 11) is -1.59. The van der Waals surface area contributed by atoms with Crippen molar-refractivity contribution in [3.63, 3.8) is 0 Å². The van der Waals surface area contributed by atoms with Crippen molar-refractivity contribution >= 4 is 20.3 Å². The van der Waals surface area contributed by atoms with Crippen molar-refractivity contribution in [3.05, 3.63) is 69.6 Å². The number of hydrogen-bond acceptors (Lipinski definition) is 9. The van der Waals surface area contributed by atoms with Gasteiger partial charge in [0.2, 0.25) is 6.54 Å². The summed E-state index contributed by atoms with van der Waals surface area (Å²) in [4.78, 5) is 40.7. The molecule has 4 rings (SSSR count). The summed E-state index contributed by atoms with van der Waals surface area (Å²) >= 11 is 0. The summed E-state index contributed by atoms with van der Waals surface area (Å²) in [5.41, 5.74) is -0.298. The molecule has 246 valence electrons. The van der Waals surface area contributed by atoms with E-state index in [-0.39, 0.29) is 37.0 Å². The highest BCUT2D eigenvalue weighted by Crippen LogP contribution is 2.55. The fraction of sp³-hybridized carbons (Fsp3) is 0.625. The van der Waals surface area contributed by atoms with Gasteiger partial charge in [-0.15, -0.1) is 0 Å². The second-order valence-electron chi connectivity index (χ2n) is 12.0. The lowest BCUT2D eigenvalue weighted by atomic mass is 9.91. The maximum Gasteiger partial charge on any atom is 0.351 e. The number of ether oxygens (including phenoxy) is 1. The molecule has 2 unspecified atom stereocenters. The number of nitrogens with one attached hydrogen (secondary N) is 1. The lowest BCUT2D eigenvalue weighted by molar-refractivity contribution is -0.261. The van der Waals surface area contributed by atoms with Crippen LogP contribution >= 0.6 is 8.53 Å². The van der Waals surface area contributed by atoms with Gasteiger partial charge in [0.05, 0.1) is 6.54 Å². The second kappa shape index (κ2) is 15.7. The van der Waals surface area contributed by atoms with Gasteiger partial charge in [-0.1, -0.05) is 38.5 Å². The van der Waals surface area contributed by atoms with Crippen LogP contribution in [0.2, 0.25) is 0 Å². The van der Waals surface area contributed by atoms with Gasteiger partial charge in [-0.25, -0.2) is 16.0 Å². The molecule has 13 heteroatoms. The second-order valence-corrected chi connectivity index (χ2v) is 13.4. The number of rotatable bonds is 15. The van der Waals surface area contributed by atoms with Crippen molar-refractivity contribution in [1.29, 1.82) is 0 Å². The van der Waals surface area contributed by atoms with E-state index in [0.717, 1.165) is 12.8 Å². The summed E-state index contributed by atoms with van der Waals surface area (Å²) in [6.07, 6.45) is 2.16. The molecule has 1 amide bonds. The quantitative estimate of drug-likeness (QED) is 0.152. The van der Waals surface area contributed by atoms with E-state index in [1.54, 1.807) is 37.4 Å². The van der Waals surface area contributed by atoms with Crippen LogP contribution < -0.4 is 11.0 Å². The Labute approximate surface area is 267 Å². The molecule has 2 aliphatic heterocycles. The Kier molecular flexibility index (Phi) is 12.2. The van der Waals surface area contributed by atoms with Gasteiger partial charge in [0, 0.05) is 36.0 Å². The highest BCUT2D eigenvalue weighted by molar-refractivity contribution is 7.44. The molecule has 0 spiro atoms. The Morgan fingerprint density at radius 2 is 1.96 bits per heavy atom. The fourth-order valence-electron chi connectivity index (χ4n) is 5.83. The van der Waals surface area contributed by atoms with Crippen LogP contribution in [-0.4, -0.2) is 81.3 Å². The number of carbonyl (C=O) groups is 1. The number of unbranched alkanes of at least 4 members (excludes halogenated alkanes) is 1. The Bertz CT molecular complexity index is 1380. The van der Waals surface area contributed by atoms with E-state index < -0.39 is 38.3 Å². The van der Waals surface area contributed by atoms with E-state index in [1.165, 1.54) is 4.57 Å². The van der Waals surface area contributed by atoms with Crippen molar-refractivity contribution in [2.75, 3.05) is 31.6 Å². The monoisotopic (exact) mass is 642 g/mol. The number of benzene rings is 1. The van der Waals surface area contributed by atoms with Crippen molar-refractivity contribution in [3.8, 4) is 0 Å². The molecular formula is C32H47N6O6P. The number of hydrogen-bond donors (Lipinski definition) is 1. The number of anilines is 1. The van der Waals surface area contributed by atoms with Crippen molar-refractivity contribution in [1.82, 2.24) is 19.3 Å². The molecule has 2 fully saturated rings. The molecule has 1 N–H and O–H groups in total. The zero-order valence-corrected chi connectivity index (χ0v) is 28.3. The summed E-state index contributed by atoms with van der Waals surface area (Å²) in [6.45, 7) is 23.2. The molecule has 2 saturated heterocycles. The minimum Gasteiger partial charge on any atom is -0.344 e. The summed E-state index contributed by atoms with van der Waals surface area (Å²) in [5.74, 6) is -0.160. The first-order valence-electron chi connectivity index (χ1n) is 15.8. The molecule has 0 aliphatic carbocycles. The van der Waals surface area contributed by atoms with E-state index in [9.17, 15) is 9.59 Å². The normalized spacial score (nSPS) is 23.9. The van der Waals surface area contributed by atoms with Crippen LogP contribution in [0.1, 0.15) is 83.0 Å². The molecule has 12 nitrogen and oxygen atoms in total. The molecule has 45 heavy (non-hydrogen) atoms. The first-order valence-corrected chi connectivity index (χ1v) is 16.9. The number of amides is 1. The molecule has 1 aromatic carbocycles. The van der Waals surface area contributed by atoms with Crippen LogP contribution in [0.25, 0.3) is 4.85 Å². The third-order valence-electron chi connectivity index (χ3n) is 8.06. The predicted molar refractivity (Wildman–Crippen MR) is 173 cm³/mol. The van der Waals surface area contributed by atoms with Gasteiger partial charge in [-0.3, -0.25) is 14.2 Å². The van der Waals surface area contributed by atoms with Crippen LogP contribution in [0, 0.1) is 13.5 Å². The Morgan fingerprint density at radius 3 is 2.58 bits per heavy atom. The van der Waals surface area contributed by atoms with E-state index >= 15 is 0 Å². The van der Waals surface area contributed by atoms with Crippen LogP contribution in [0.15, 0.2) is 41.3 Å². The Morgan fingerprint density at radius 1 is 1.24 bits per heavy atom. The molecular weight excluding hydrogens is 595 g/mol. The molecule has 2 bridgehead atoms. The standard InChI is InChI=1S/C32H47N6O6P/c1-9-11-18-36-21-32(10-2)27(44-45(41-19-17-33-8)38(22(3)4)23(5)6)26(43-36)30(42-32)37-20-24(7)28(35-31(37)40)34-29(39)25-15-13-12-14-16-25/h12-16,20,22-23,26-27,30H,9-11,17-19,21H2,1-7H3,(H,34,35,39,40)/t26-,27?,30+,32-,45?/m0/s1. The topological polar surface area (TPSA) is 112 Å². The molecule has 2 aliphatic rings. The molecule has 1 aromatic heterocycles. The lowest BCUT2D eigenvalue weighted by Gasteiger charge is -2.45. The predicted octanol–water partition coefficient (Wildman–Crippen LogP) is 5.56. The molecule has 2 aromatic rings. The number of aryl methyl sites for hydroxylation is 1. The van der Waals surface area contributed by atoms with E-state index in [0.29, 0.717) is 30.6 Å². The Balaban J connectivity index is 1.69. The summed E-state index contributed by atoms with van der Waals surface area (Å²) < 4.78 is 23.6. The minimum absolute atomic E-state index is 0.120. The van der Waals surface area contributed by atoms with Gasteiger partial charge < -0.3 is 23.9 Å². The SMILES string of the molecule is [C-]#[N+]CCOP(OC1[C@@H]2ON(CCCC)C[C@]1(CC)O[C@H]2n1cc(C)c(NC(=O)c2ccccc2)nc1=O)N(C(C)C)C(C)C. The van der Waals surface area contributed by atoms with Gasteiger partial charge in [0.1, 0.15) is 24.1 Å². The number of fused-ring (bicyclic) bond motifs is 2. The maximum absolute atomic E-state index is 13.6. The fourth-order valence-corrected chi connectivity index (χ4v) is 7.63. The zero-order valence-electron chi connectivity index (χ0n) is 27.4. The largest absolute Gasteiger partial charge is 0.351 e. The minimum atomic E-state index is -1.59. The van der Waals surface area contributed by atoms with Crippen molar-refractivity contribution in [2.45, 2.75) is 104 Å². The smallest absolute Gasteiger partial charge is 0.344 e. The van der Waals surface area contributed by atoms with Crippen LogP contribution in [0.3, 0.4) is 0 Å². The third kappa shape index (κ3) is 7.98. The average molecular weight is 643 g/mol. The van der Waals surface area contributed by atoms with Gasteiger partial charge in [0.15, 0.2) is 12.3 Å². The van der Waals surface area contributed by atoms with Gasteiger partial charge in [-0.2, -0.15) is 10.0 Å². The van der Waals surface area contributed by atoms with E-state index in [4.69, 9.17) is 25.2 Å². The first kappa shape index (κ1) is 35.1. The molecule has 3 heterocycles. The molecule has 0 saturated carbocycles. The number of hydroxylamine groups is 2. The van der Waals surface area contributed by atoms with Gasteiger partial charge in [-0.05, 0) is 59.6 Å². The highest BCUT2D eigenvalue weighted by atomic mass is 31.2. The van der Waals surface area contributed by atoms with Crippen LogP contribution in [-0.2, 0) is 18.6 Å².